The number of halogens is 1. The van der Waals surface area contributed by atoms with E-state index < -0.39 is 0 Å². The Balaban J connectivity index is 1.71. The maximum atomic E-state index is 13.7. The summed E-state index contributed by atoms with van der Waals surface area (Å²) in [7, 11) is 0. The molecule has 4 nitrogen and oxygen atoms in total. The third-order valence-corrected chi connectivity index (χ3v) is 3.92. The van der Waals surface area contributed by atoms with Crippen LogP contribution in [0, 0.1) is 12.7 Å². The molecule has 3 rings (SSSR count). The van der Waals surface area contributed by atoms with Gasteiger partial charge in [0, 0.05) is 24.2 Å². The molecule has 2 N–H and O–H groups in total. The number of benzene rings is 2. The van der Waals surface area contributed by atoms with Gasteiger partial charge in [0.1, 0.15) is 23.3 Å². The van der Waals surface area contributed by atoms with Gasteiger partial charge in [0.05, 0.1) is 0 Å². The maximum Gasteiger partial charge on any atom is 0.132 e. The second kappa shape index (κ2) is 7.75. The Morgan fingerprint density at radius 3 is 2.40 bits per heavy atom. The minimum Gasteiger partial charge on any atom is -0.366 e. The van der Waals surface area contributed by atoms with Crippen LogP contribution >= 0.6 is 0 Å². The first-order chi connectivity index (χ1) is 12.1. The highest BCUT2D eigenvalue weighted by Gasteiger charge is 2.08. The fraction of sp³-hybridized carbons (Fsp3) is 0.200. The molecule has 0 amide bonds. The van der Waals surface area contributed by atoms with Crippen molar-refractivity contribution < 1.29 is 4.39 Å². The van der Waals surface area contributed by atoms with Crippen molar-refractivity contribution in [3.8, 4) is 0 Å². The largest absolute Gasteiger partial charge is 0.366 e. The van der Waals surface area contributed by atoms with E-state index in [1.54, 1.807) is 12.1 Å². The lowest BCUT2D eigenvalue weighted by atomic mass is 10.1. The number of nitrogens with zero attached hydrogens (tertiary/aromatic N) is 2. The van der Waals surface area contributed by atoms with Gasteiger partial charge in [-0.15, -0.1) is 0 Å². The van der Waals surface area contributed by atoms with Crippen LogP contribution < -0.4 is 10.6 Å². The summed E-state index contributed by atoms with van der Waals surface area (Å²) in [6.07, 6.45) is 0. The third-order valence-electron chi connectivity index (χ3n) is 3.92. The Hall–Kier alpha value is -2.95. The zero-order valence-corrected chi connectivity index (χ0v) is 14.3. The molecular weight excluding hydrogens is 315 g/mol. The predicted molar refractivity (Wildman–Crippen MR) is 99.0 cm³/mol. The minimum atomic E-state index is -0.225. The summed E-state index contributed by atoms with van der Waals surface area (Å²) in [4.78, 5) is 8.81. The molecule has 0 aliphatic carbocycles. The minimum absolute atomic E-state index is 0.120. The second-order valence-electron chi connectivity index (χ2n) is 5.91. The number of aryl methyl sites for hydroxylation is 1. The van der Waals surface area contributed by atoms with E-state index in [1.807, 2.05) is 37.3 Å². The van der Waals surface area contributed by atoms with Crippen LogP contribution in [0.4, 0.5) is 16.0 Å². The van der Waals surface area contributed by atoms with Crippen LogP contribution in [-0.2, 0) is 6.54 Å². The van der Waals surface area contributed by atoms with Crippen LogP contribution in [0.5, 0.6) is 0 Å². The summed E-state index contributed by atoms with van der Waals surface area (Å²) in [5.74, 6) is 1.83. The van der Waals surface area contributed by atoms with Gasteiger partial charge in [-0.25, -0.2) is 14.4 Å². The van der Waals surface area contributed by atoms with E-state index in [2.05, 4.69) is 39.7 Å². The van der Waals surface area contributed by atoms with Crippen LogP contribution in [-0.4, -0.2) is 9.97 Å². The molecule has 1 atom stereocenters. The van der Waals surface area contributed by atoms with Crippen LogP contribution in [0.3, 0.4) is 0 Å². The molecule has 1 heterocycles. The lowest BCUT2D eigenvalue weighted by Gasteiger charge is -2.16. The number of anilines is 2. The van der Waals surface area contributed by atoms with E-state index in [-0.39, 0.29) is 11.9 Å². The predicted octanol–water partition coefficient (Wildman–Crippen LogP) is 4.71. The topological polar surface area (TPSA) is 49.8 Å². The first-order valence-electron chi connectivity index (χ1n) is 8.26. The van der Waals surface area contributed by atoms with Crippen molar-refractivity contribution in [1.82, 2.24) is 9.97 Å². The van der Waals surface area contributed by atoms with Gasteiger partial charge in [-0.05, 0) is 25.5 Å². The van der Waals surface area contributed by atoms with Crippen LogP contribution in [0.25, 0.3) is 0 Å². The fourth-order valence-corrected chi connectivity index (χ4v) is 2.61. The lowest BCUT2D eigenvalue weighted by molar-refractivity contribution is 0.613. The van der Waals surface area contributed by atoms with Crippen molar-refractivity contribution in [1.29, 1.82) is 0 Å². The Morgan fingerprint density at radius 2 is 1.64 bits per heavy atom. The molecule has 5 heteroatoms. The van der Waals surface area contributed by atoms with E-state index in [0.717, 1.165) is 5.82 Å². The monoisotopic (exact) mass is 336 g/mol. The fourth-order valence-electron chi connectivity index (χ4n) is 2.61. The number of rotatable bonds is 6. The van der Waals surface area contributed by atoms with Gasteiger partial charge < -0.3 is 10.6 Å². The van der Waals surface area contributed by atoms with Gasteiger partial charge in [-0.3, -0.25) is 0 Å². The van der Waals surface area contributed by atoms with Crippen LogP contribution in [0.1, 0.15) is 29.9 Å². The Kier molecular flexibility index (Phi) is 5.23. The molecule has 0 fully saturated rings. The zero-order chi connectivity index (χ0) is 17.6. The van der Waals surface area contributed by atoms with E-state index in [4.69, 9.17) is 0 Å². The summed E-state index contributed by atoms with van der Waals surface area (Å²) >= 11 is 0. The quantitative estimate of drug-likeness (QED) is 0.684. The number of aromatic nitrogens is 2. The summed E-state index contributed by atoms with van der Waals surface area (Å²) in [6.45, 7) is 4.29. The summed E-state index contributed by atoms with van der Waals surface area (Å²) in [5.41, 5.74) is 1.78. The molecule has 0 aliphatic rings. The standard InChI is InChI=1S/C20H21FN4/c1-14(16-8-4-3-5-9-16)23-20-12-19(24-15(2)25-20)22-13-17-10-6-7-11-18(17)21/h3-12,14H,13H2,1-2H3,(H2,22,23,24,25). The average Bonchev–Trinajstić information content (AvgIpc) is 2.61. The normalized spacial score (nSPS) is 11.8. The summed E-state index contributed by atoms with van der Waals surface area (Å²) < 4.78 is 13.7. The Morgan fingerprint density at radius 1 is 0.960 bits per heavy atom. The van der Waals surface area contributed by atoms with Gasteiger partial charge in [0.2, 0.25) is 0 Å². The molecule has 128 valence electrons. The third kappa shape index (κ3) is 4.53. The first kappa shape index (κ1) is 16.9. The Labute approximate surface area is 147 Å². The molecular formula is C20H21FN4. The SMILES string of the molecule is Cc1nc(NCc2ccccc2F)cc(NC(C)c2ccccc2)n1. The molecule has 1 aromatic heterocycles. The van der Waals surface area contributed by atoms with Crippen molar-refractivity contribution in [2.24, 2.45) is 0 Å². The Bertz CT molecular complexity index is 836. The first-order valence-corrected chi connectivity index (χ1v) is 8.26. The van der Waals surface area contributed by atoms with Crippen molar-refractivity contribution in [3.05, 3.63) is 83.4 Å². The van der Waals surface area contributed by atoms with Gasteiger partial charge in [0.15, 0.2) is 0 Å². The smallest absolute Gasteiger partial charge is 0.132 e. The van der Waals surface area contributed by atoms with E-state index in [0.29, 0.717) is 23.8 Å². The molecule has 0 spiro atoms. The molecule has 0 saturated heterocycles. The van der Waals surface area contributed by atoms with Crippen LogP contribution in [0.15, 0.2) is 60.7 Å². The number of hydrogen-bond donors (Lipinski definition) is 2. The zero-order valence-electron chi connectivity index (χ0n) is 14.3. The highest BCUT2D eigenvalue weighted by atomic mass is 19.1. The summed E-state index contributed by atoms with van der Waals surface area (Å²) in [6, 6.07) is 18.8. The molecule has 25 heavy (non-hydrogen) atoms. The molecule has 0 aliphatic heterocycles. The maximum absolute atomic E-state index is 13.7. The van der Waals surface area contributed by atoms with E-state index in [1.165, 1.54) is 11.6 Å². The van der Waals surface area contributed by atoms with Gasteiger partial charge in [-0.2, -0.15) is 0 Å². The van der Waals surface area contributed by atoms with Crippen molar-refractivity contribution in [2.75, 3.05) is 10.6 Å². The van der Waals surface area contributed by atoms with Gasteiger partial charge in [0.25, 0.3) is 0 Å². The highest BCUT2D eigenvalue weighted by Crippen LogP contribution is 2.20. The van der Waals surface area contributed by atoms with Gasteiger partial charge >= 0.3 is 0 Å². The van der Waals surface area contributed by atoms with E-state index in [9.17, 15) is 4.39 Å². The molecule has 1 unspecified atom stereocenters. The molecule has 0 bridgehead atoms. The molecule has 2 aromatic carbocycles. The van der Waals surface area contributed by atoms with E-state index >= 15 is 0 Å². The molecule has 0 radical (unpaired) electrons. The second-order valence-corrected chi connectivity index (χ2v) is 5.91. The summed E-state index contributed by atoms with van der Waals surface area (Å²) in [5, 5.41) is 6.55. The average molecular weight is 336 g/mol. The van der Waals surface area contributed by atoms with Gasteiger partial charge in [-0.1, -0.05) is 48.5 Å². The number of hydrogen-bond acceptors (Lipinski definition) is 4. The van der Waals surface area contributed by atoms with Crippen molar-refractivity contribution in [3.63, 3.8) is 0 Å². The highest BCUT2D eigenvalue weighted by molar-refractivity contribution is 5.49. The van der Waals surface area contributed by atoms with Crippen molar-refractivity contribution >= 4 is 11.6 Å². The number of nitrogens with one attached hydrogen (secondary N) is 2. The molecule has 3 aromatic rings. The lowest BCUT2D eigenvalue weighted by Crippen LogP contribution is -2.10. The molecule has 0 saturated carbocycles. The van der Waals surface area contributed by atoms with Crippen molar-refractivity contribution in [2.45, 2.75) is 26.4 Å². The van der Waals surface area contributed by atoms with Crippen LogP contribution in [0.2, 0.25) is 0 Å².